The summed E-state index contributed by atoms with van der Waals surface area (Å²) in [5.74, 6) is 9.20. The van der Waals surface area contributed by atoms with Gasteiger partial charge in [0, 0.05) is 62.2 Å². The van der Waals surface area contributed by atoms with Crippen molar-refractivity contribution in [3.05, 3.63) is 340 Å². The molecule has 0 aromatic heterocycles. The lowest BCUT2D eigenvalue weighted by Crippen LogP contribution is -2.16. The molecule has 23 rings (SSSR count). The van der Waals surface area contributed by atoms with E-state index in [1.165, 1.54) is 70.0 Å². The van der Waals surface area contributed by atoms with Crippen LogP contribution in [0.1, 0.15) is 138 Å². The Morgan fingerprint density at radius 3 is 0.701 bits per heavy atom. The standard InChI is InChI=1S/3C21H15NO.2C17H13NO.10C2H6/c1-22-18-12-10-15-7-3-5-9-17(15)21(18)23-19-13-11-14-6-2-4-8-16(14)20(19)22;1-22-18-12-15-7-2-3-8-16(15)13-20(18)23-19-11-10-14-6-4-5-9-17(14)21(19)22;1-22-18-11-10-14-6-4-5-9-17(14)21(18)23-20-13-16-8-3-2-7-15(16)12-19(20)22;1-18-14-8-4-5-9-16(14)19-17-11-13-7-3-2-6-12(13)10-15(17)18;1-18-14-8-4-5-9-16(14)19-17-13-7-3-2-6-12(13)10-11-15(17)18;10*1-2/h3*2-13H,1H3;2*2-11H,1H3;10*1-2H3. The molecule has 10 heteroatoms. The summed E-state index contributed by atoms with van der Waals surface area (Å²) in [6.45, 7) is 40.0. The molecule has 0 saturated carbocycles. The molecule has 127 heavy (non-hydrogen) atoms. The van der Waals surface area contributed by atoms with E-state index in [-0.39, 0.29) is 0 Å². The van der Waals surface area contributed by atoms with E-state index in [0.717, 1.165) is 131 Å². The van der Waals surface area contributed by atoms with Crippen LogP contribution in [0.25, 0.3) is 86.2 Å². The van der Waals surface area contributed by atoms with Gasteiger partial charge in [-0.25, -0.2) is 0 Å². The third-order valence-corrected chi connectivity index (χ3v) is 21.2. The Labute approximate surface area is 757 Å². The van der Waals surface area contributed by atoms with E-state index in [4.69, 9.17) is 23.7 Å². The number of hydrogen-bond acceptors (Lipinski definition) is 10. The van der Waals surface area contributed by atoms with Crippen LogP contribution in [0.5, 0.6) is 57.5 Å². The van der Waals surface area contributed by atoms with Crippen LogP contribution in [0.3, 0.4) is 0 Å². The SMILES string of the molecule is CC.CC.CC.CC.CC.CC.CC.CC.CC.CC.CN1c2cc3ccccc3cc2Oc2c1ccc1ccccc21.CN1c2cc3ccccc3cc2Oc2ccc3ccccc3c21.CN1c2ccc3ccccc3c2Oc2ccc3ccccc3c21.CN1c2ccccc2Oc2c1ccc1ccccc21.CN1c2ccccc2Oc2cc3ccccc3cc21. The number of para-hydroxylation sites is 4. The third-order valence-electron chi connectivity index (χ3n) is 21.2. The second kappa shape index (κ2) is 47.8. The predicted octanol–water partition coefficient (Wildman–Crippen LogP) is 37.3. The largest absolute Gasteiger partial charge is 0.453 e. The molecular formula is C117H131N5O5. The van der Waals surface area contributed by atoms with E-state index in [9.17, 15) is 0 Å². The van der Waals surface area contributed by atoms with Gasteiger partial charge in [0.15, 0.2) is 57.5 Å². The molecule has 0 amide bonds. The fourth-order valence-corrected chi connectivity index (χ4v) is 15.6. The van der Waals surface area contributed by atoms with E-state index in [1.54, 1.807) is 0 Å². The predicted molar refractivity (Wildman–Crippen MR) is 559 cm³/mol. The average Bonchev–Trinajstić information content (AvgIpc) is 0.760. The molecule has 0 N–H and O–H groups in total. The smallest absolute Gasteiger partial charge is 0.158 e. The van der Waals surface area contributed by atoms with Crippen molar-refractivity contribution >= 4 is 143 Å². The van der Waals surface area contributed by atoms with Crippen molar-refractivity contribution in [2.45, 2.75) is 138 Å². The summed E-state index contributed by atoms with van der Waals surface area (Å²) >= 11 is 0. The van der Waals surface area contributed by atoms with Crippen molar-refractivity contribution in [1.29, 1.82) is 0 Å². The molecule has 0 spiro atoms. The van der Waals surface area contributed by atoms with Gasteiger partial charge in [-0.1, -0.05) is 387 Å². The Balaban J connectivity index is 0.000000171. The summed E-state index contributed by atoms with van der Waals surface area (Å²) in [6, 6.07) is 117. The van der Waals surface area contributed by atoms with Crippen molar-refractivity contribution in [3.63, 3.8) is 0 Å². The highest BCUT2D eigenvalue weighted by molar-refractivity contribution is 6.07. The molecule has 0 bridgehead atoms. The first-order valence-electron chi connectivity index (χ1n) is 46.1. The average molecular weight is 1690 g/mol. The van der Waals surface area contributed by atoms with E-state index < -0.39 is 0 Å². The van der Waals surface area contributed by atoms with Crippen molar-refractivity contribution in [2.75, 3.05) is 59.7 Å². The molecule has 18 aromatic rings. The number of fused-ring (bicyclic) bond motifs is 23. The van der Waals surface area contributed by atoms with Crippen LogP contribution in [0.4, 0.5) is 56.9 Å². The lowest BCUT2D eigenvalue weighted by molar-refractivity contribution is 0.476. The molecule has 0 unspecified atom stereocenters. The first-order chi connectivity index (χ1) is 62.6. The summed E-state index contributed by atoms with van der Waals surface area (Å²) in [5, 5.41) is 19.2. The molecule has 0 atom stereocenters. The maximum Gasteiger partial charge on any atom is 0.158 e. The Bertz CT molecular complexity index is 6460. The second-order valence-corrected chi connectivity index (χ2v) is 27.4. The first-order valence-corrected chi connectivity index (χ1v) is 46.1. The van der Waals surface area contributed by atoms with Crippen LogP contribution < -0.4 is 48.2 Å². The van der Waals surface area contributed by atoms with E-state index in [0.29, 0.717) is 0 Å². The summed E-state index contributed by atoms with van der Waals surface area (Å²) < 4.78 is 31.0. The van der Waals surface area contributed by atoms with Gasteiger partial charge in [-0.3, -0.25) is 0 Å². The number of anilines is 10. The molecule has 5 heterocycles. The molecule has 0 aliphatic carbocycles. The minimum atomic E-state index is 0.910. The molecule has 0 saturated heterocycles. The van der Waals surface area contributed by atoms with Crippen LogP contribution in [0, 0.1) is 0 Å². The fraction of sp³-hybridized carbons (Fsp3) is 0.214. The molecule has 0 fully saturated rings. The van der Waals surface area contributed by atoms with Crippen LogP contribution in [-0.2, 0) is 0 Å². The molecular weight excluding hydrogens is 1560 g/mol. The summed E-state index contributed by atoms with van der Waals surface area (Å²) in [4.78, 5) is 11.1. The summed E-state index contributed by atoms with van der Waals surface area (Å²) in [5.41, 5.74) is 11.1. The van der Waals surface area contributed by atoms with Gasteiger partial charge in [0.25, 0.3) is 0 Å². The van der Waals surface area contributed by atoms with E-state index in [1.807, 2.05) is 181 Å². The maximum absolute atomic E-state index is 6.33. The van der Waals surface area contributed by atoms with Crippen LogP contribution in [0.2, 0.25) is 0 Å². The Morgan fingerprint density at radius 2 is 0.346 bits per heavy atom. The molecule has 0 radical (unpaired) electrons. The zero-order valence-corrected chi connectivity index (χ0v) is 79.6. The van der Waals surface area contributed by atoms with Gasteiger partial charge < -0.3 is 48.2 Å². The molecule has 5 aliphatic rings. The van der Waals surface area contributed by atoms with Crippen LogP contribution >= 0.6 is 0 Å². The van der Waals surface area contributed by atoms with Crippen molar-refractivity contribution in [1.82, 2.24) is 0 Å². The lowest BCUT2D eigenvalue weighted by atomic mass is 10.0. The maximum atomic E-state index is 6.33. The highest BCUT2D eigenvalue weighted by atomic mass is 16.5. The van der Waals surface area contributed by atoms with Gasteiger partial charge >= 0.3 is 0 Å². The quantitative estimate of drug-likeness (QED) is 0.147. The van der Waals surface area contributed by atoms with E-state index in [2.05, 4.69) is 357 Å². The fourth-order valence-electron chi connectivity index (χ4n) is 15.6. The summed E-state index contributed by atoms with van der Waals surface area (Å²) in [7, 11) is 10.5. The minimum absolute atomic E-state index is 0.910. The zero-order valence-electron chi connectivity index (χ0n) is 79.6. The number of hydrogen-bond donors (Lipinski definition) is 0. The monoisotopic (exact) mass is 1690 g/mol. The molecule has 5 aliphatic heterocycles. The molecule has 18 aromatic carbocycles. The Morgan fingerprint density at radius 1 is 0.142 bits per heavy atom. The van der Waals surface area contributed by atoms with Gasteiger partial charge in [0.1, 0.15) is 0 Å². The van der Waals surface area contributed by atoms with Crippen molar-refractivity contribution in [3.8, 4) is 57.5 Å². The first kappa shape index (κ1) is 96.9. The van der Waals surface area contributed by atoms with Crippen molar-refractivity contribution in [2.24, 2.45) is 0 Å². The topological polar surface area (TPSA) is 62.3 Å². The van der Waals surface area contributed by atoms with Gasteiger partial charge in [-0.2, -0.15) is 0 Å². The lowest BCUT2D eigenvalue weighted by Gasteiger charge is -2.31. The molecule has 654 valence electrons. The summed E-state index contributed by atoms with van der Waals surface area (Å²) in [6.07, 6.45) is 0. The zero-order chi connectivity index (χ0) is 91.8. The van der Waals surface area contributed by atoms with Gasteiger partial charge in [-0.15, -0.1) is 0 Å². The molecule has 10 nitrogen and oxygen atoms in total. The van der Waals surface area contributed by atoms with Gasteiger partial charge in [0.2, 0.25) is 0 Å². The number of rotatable bonds is 0. The number of ether oxygens (including phenoxy) is 5. The second-order valence-electron chi connectivity index (χ2n) is 27.4. The van der Waals surface area contributed by atoms with Gasteiger partial charge in [-0.05, 0) is 150 Å². The van der Waals surface area contributed by atoms with Crippen molar-refractivity contribution < 1.29 is 23.7 Å². The van der Waals surface area contributed by atoms with Crippen LogP contribution in [0.15, 0.2) is 340 Å². The minimum Gasteiger partial charge on any atom is -0.453 e. The third kappa shape index (κ3) is 20.5. The normalized spacial score (nSPS) is 11.3. The highest BCUT2D eigenvalue weighted by Gasteiger charge is 2.30. The highest BCUT2D eigenvalue weighted by Crippen LogP contribution is 2.55. The van der Waals surface area contributed by atoms with Crippen LogP contribution in [-0.4, -0.2) is 35.2 Å². The van der Waals surface area contributed by atoms with E-state index >= 15 is 0 Å². The van der Waals surface area contributed by atoms with Gasteiger partial charge in [0.05, 0.1) is 56.9 Å². The Kier molecular flexibility index (Phi) is 36.4. The number of nitrogens with zero attached hydrogens (tertiary/aromatic N) is 5. The number of benzene rings is 18. The Hall–Kier alpha value is -14.0.